The zero-order valence-electron chi connectivity index (χ0n) is 14.7. The van der Waals surface area contributed by atoms with Gasteiger partial charge in [0.15, 0.2) is 11.7 Å². The molecule has 2 aromatic rings. The number of ether oxygens (including phenoxy) is 1. The number of rotatable bonds is 7. The van der Waals surface area contributed by atoms with Crippen LogP contribution in [0.2, 0.25) is 0 Å². The molecule has 7 heteroatoms. The average Bonchev–Trinajstić information content (AvgIpc) is 3.07. The molecule has 7 nitrogen and oxygen atoms in total. The molecule has 2 N–H and O–H groups in total. The lowest BCUT2D eigenvalue weighted by Crippen LogP contribution is -2.36. The first-order valence-electron chi connectivity index (χ1n) is 8.10. The second-order valence-corrected chi connectivity index (χ2v) is 5.59. The van der Waals surface area contributed by atoms with Gasteiger partial charge in [-0.15, -0.1) is 0 Å². The van der Waals surface area contributed by atoms with Gasteiger partial charge in [-0.25, -0.2) is 9.98 Å². The molecule has 0 spiro atoms. The van der Waals surface area contributed by atoms with Crippen molar-refractivity contribution in [2.24, 2.45) is 4.99 Å². The molecule has 130 valence electrons. The van der Waals surface area contributed by atoms with Crippen molar-refractivity contribution in [3.8, 4) is 5.88 Å². The first-order chi connectivity index (χ1) is 11.6. The van der Waals surface area contributed by atoms with E-state index in [4.69, 9.17) is 9.26 Å². The summed E-state index contributed by atoms with van der Waals surface area (Å²) in [4.78, 5) is 8.88. The number of aromatic nitrogens is 2. The normalized spacial score (nSPS) is 11.6. The zero-order valence-corrected chi connectivity index (χ0v) is 14.7. The van der Waals surface area contributed by atoms with E-state index in [2.05, 4.69) is 39.6 Å². The van der Waals surface area contributed by atoms with Crippen LogP contribution in [-0.4, -0.2) is 29.8 Å². The molecule has 24 heavy (non-hydrogen) atoms. The van der Waals surface area contributed by atoms with Gasteiger partial charge in [0, 0.05) is 18.7 Å². The van der Waals surface area contributed by atoms with Crippen molar-refractivity contribution in [3.05, 3.63) is 41.4 Å². The topological polar surface area (TPSA) is 84.6 Å². The Labute approximate surface area is 142 Å². The molecule has 2 aromatic heterocycles. The van der Waals surface area contributed by atoms with Crippen LogP contribution in [0.3, 0.4) is 0 Å². The lowest BCUT2D eigenvalue weighted by atomic mass is 10.1. The molecular weight excluding hydrogens is 306 g/mol. The van der Waals surface area contributed by atoms with Gasteiger partial charge in [0.2, 0.25) is 5.88 Å². The number of hydrogen-bond acceptors (Lipinski definition) is 5. The molecular formula is C17H25N5O2. The Hall–Kier alpha value is -2.57. The highest BCUT2D eigenvalue weighted by atomic mass is 16.5. The molecule has 0 fully saturated rings. The molecule has 0 unspecified atom stereocenters. The van der Waals surface area contributed by atoms with E-state index >= 15 is 0 Å². The standard InChI is InChI=1S/C17H25N5O2/c1-5-18-17(19-10-13-7-6-8-16(21-13)23-4)20-11-14-9-15(12(2)3)22-24-14/h6-9,12H,5,10-11H2,1-4H3,(H2,18,19,20). The second-order valence-electron chi connectivity index (χ2n) is 5.59. The maximum Gasteiger partial charge on any atom is 0.213 e. The van der Waals surface area contributed by atoms with Crippen LogP contribution < -0.4 is 15.4 Å². The highest BCUT2D eigenvalue weighted by Crippen LogP contribution is 2.13. The third-order valence-electron chi connectivity index (χ3n) is 3.33. The molecule has 2 rings (SSSR count). The van der Waals surface area contributed by atoms with Crippen LogP contribution >= 0.6 is 0 Å². The molecule has 0 atom stereocenters. The average molecular weight is 331 g/mol. The number of methoxy groups -OCH3 is 1. The molecule has 0 saturated carbocycles. The summed E-state index contributed by atoms with van der Waals surface area (Å²) in [6.07, 6.45) is 0. The maximum absolute atomic E-state index is 5.32. The first kappa shape index (κ1) is 17.8. The minimum Gasteiger partial charge on any atom is -0.481 e. The summed E-state index contributed by atoms with van der Waals surface area (Å²) in [6.45, 7) is 7.94. The largest absolute Gasteiger partial charge is 0.481 e. The van der Waals surface area contributed by atoms with Crippen molar-refractivity contribution in [1.82, 2.24) is 20.8 Å². The summed E-state index contributed by atoms with van der Waals surface area (Å²) in [7, 11) is 1.60. The van der Waals surface area contributed by atoms with E-state index in [9.17, 15) is 0 Å². The number of nitrogens with one attached hydrogen (secondary N) is 2. The van der Waals surface area contributed by atoms with Crippen molar-refractivity contribution in [1.29, 1.82) is 0 Å². The lowest BCUT2D eigenvalue weighted by Gasteiger charge is -2.09. The van der Waals surface area contributed by atoms with Gasteiger partial charge >= 0.3 is 0 Å². The molecule has 0 aliphatic carbocycles. The van der Waals surface area contributed by atoms with Crippen LogP contribution in [-0.2, 0) is 13.1 Å². The predicted molar refractivity (Wildman–Crippen MR) is 93.0 cm³/mol. The minimum atomic E-state index is 0.350. The van der Waals surface area contributed by atoms with Gasteiger partial charge < -0.3 is 19.9 Å². The van der Waals surface area contributed by atoms with Gasteiger partial charge in [-0.05, 0) is 18.9 Å². The quantitative estimate of drug-likeness (QED) is 0.599. The number of aliphatic imine (C=N–C) groups is 1. The van der Waals surface area contributed by atoms with Crippen molar-refractivity contribution < 1.29 is 9.26 Å². The fourth-order valence-corrected chi connectivity index (χ4v) is 2.02. The molecule has 0 bridgehead atoms. The third kappa shape index (κ3) is 5.26. The van der Waals surface area contributed by atoms with Crippen LogP contribution in [0.15, 0.2) is 33.8 Å². The maximum atomic E-state index is 5.32. The molecule has 0 aliphatic rings. The Morgan fingerprint density at radius 1 is 1.33 bits per heavy atom. The zero-order chi connectivity index (χ0) is 17.4. The van der Waals surface area contributed by atoms with Gasteiger partial charge in [-0.1, -0.05) is 25.1 Å². The molecule has 0 radical (unpaired) electrons. The number of pyridine rings is 1. The monoisotopic (exact) mass is 331 g/mol. The fraction of sp³-hybridized carbons (Fsp3) is 0.471. The van der Waals surface area contributed by atoms with Crippen LogP contribution in [0.5, 0.6) is 5.88 Å². The number of nitrogens with zero attached hydrogens (tertiary/aromatic N) is 3. The van der Waals surface area contributed by atoms with E-state index in [0.29, 0.717) is 30.8 Å². The van der Waals surface area contributed by atoms with Gasteiger partial charge in [-0.3, -0.25) is 0 Å². The summed E-state index contributed by atoms with van der Waals surface area (Å²) in [5.41, 5.74) is 1.79. The number of hydrogen-bond donors (Lipinski definition) is 2. The van der Waals surface area contributed by atoms with Gasteiger partial charge in [0.05, 0.1) is 31.6 Å². The van der Waals surface area contributed by atoms with E-state index in [1.54, 1.807) is 7.11 Å². The van der Waals surface area contributed by atoms with E-state index in [1.807, 2.05) is 31.2 Å². The predicted octanol–water partition coefficient (Wildman–Crippen LogP) is 2.46. The molecule has 0 aromatic carbocycles. The van der Waals surface area contributed by atoms with Crippen LogP contribution in [0.25, 0.3) is 0 Å². The van der Waals surface area contributed by atoms with Crippen molar-refractivity contribution >= 4 is 5.96 Å². The Morgan fingerprint density at radius 2 is 2.17 bits per heavy atom. The molecule has 0 saturated heterocycles. The van der Waals surface area contributed by atoms with E-state index in [0.717, 1.165) is 23.7 Å². The lowest BCUT2D eigenvalue weighted by molar-refractivity contribution is 0.372. The Morgan fingerprint density at radius 3 is 2.83 bits per heavy atom. The van der Waals surface area contributed by atoms with E-state index < -0.39 is 0 Å². The summed E-state index contributed by atoms with van der Waals surface area (Å²) in [5.74, 6) is 2.42. The Bertz CT molecular complexity index is 667. The Balaban J connectivity index is 1.96. The van der Waals surface area contributed by atoms with E-state index in [1.165, 1.54) is 0 Å². The van der Waals surface area contributed by atoms with Crippen LogP contribution in [0.1, 0.15) is 43.8 Å². The number of guanidine groups is 1. The van der Waals surface area contributed by atoms with Crippen LogP contribution in [0, 0.1) is 0 Å². The summed E-state index contributed by atoms with van der Waals surface area (Å²) < 4.78 is 10.4. The highest BCUT2D eigenvalue weighted by Gasteiger charge is 2.08. The van der Waals surface area contributed by atoms with E-state index in [-0.39, 0.29) is 0 Å². The molecule has 0 amide bonds. The Kier molecular flexibility index (Phi) is 6.60. The molecule has 0 aliphatic heterocycles. The summed E-state index contributed by atoms with van der Waals surface area (Å²) >= 11 is 0. The SMILES string of the molecule is CCNC(=NCc1cccc(OC)n1)NCc1cc(C(C)C)no1. The van der Waals surface area contributed by atoms with Gasteiger partial charge in [0.25, 0.3) is 0 Å². The van der Waals surface area contributed by atoms with Crippen molar-refractivity contribution in [2.75, 3.05) is 13.7 Å². The van der Waals surface area contributed by atoms with Crippen LogP contribution in [0.4, 0.5) is 0 Å². The highest BCUT2D eigenvalue weighted by molar-refractivity contribution is 5.79. The fourth-order valence-electron chi connectivity index (χ4n) is 2.02. The molecule has 2 heterocycles. The smallest absolute Gasteiger partial charge is 0.213 e. The summed E-state index contributed by atoms with van der Waals surface area (Å²) in [6, 6.07) is 7.59. The minimum absolute atomic E-state index is 0.350. The third-order valence-corrected chi connectivity index (χ3v) is 3.33. The van der Waals surface area contributed by atoms with Gasteiger partial charge in [0.1, 0.15) is 0 Å². The first-order valence-corrected chi connectivity index (χ1v) is 8.10. The van der Waals surface area contributed by atoms with Crippen molar-refractivity contribution in [3.63, 3.8) is 0 Å². The van der Waals surface area contributed by atoms with Gasteiger partial charge in [-0.2, -0.15) is 0 Å². The second kappa shape index (κ2) is 8.90. The summed E-state index contributed by atoms with van der Waals surface area (Å²) in [5, 5.41) is 10.5. The van der Waals surface area contributed by atoms with Crippen molar-refractivity contribution in [2.45, 2.75) is 39.8 Å².